The number of aromatic nitrogens is 1. The molecule has 8 nitrogen and oxygen atoms in total. The van der Waals surface area contributed by atoms with Gasteiger partial charge in [-0.25, -0.2) is 4.39 Å². The Morgan fingerprint density at radius 3 is 2.63 bits per heavy atom. The van der Waals surface area contributed by atoms with Crippen LogP contribution in [0.5, 0.6) is 0 Å². The van der Waals surface area contributed by atoms with Crippen LogP contribution in [0.2, 0.25) is 0 Å². The van der Waals surface area contributed by atoms with E-state index in [4.69, 9.17) is 18.7 Å². The van der Waals surface area contributed by atoms with E-state index in [2.05, 4.69) is 15.0 Å². The Bertz CT molecular complexity index is 1130. The molecule has 2 atom stereocenters. The first-order chi connectivity index (χ1) is 18.7. The standard InChI is InChI=1S/C29H36FN3O5/c30-27-11-5-4-10-25(27)28-26(29(38-31-28)33-12-15-35-16-13-33)19-32(18-24-9-6-14-37-24)17-23(34)21-36-20-22-7-2-1-3-8-22/h1-5,7-8,10-11,23-24,34H,6,9,12-21H2/t23-,24-/m1/s1. The number of hydrogen-bond acceptors (Lipinski definition) is 8. The fourth-order valence-electron chi connectivity index (χ4n) is 5.06. The maximum absolute atomic E-state index is 14.9. The summed E-state index contributed by atoms with van der Waals surface area (Å²) in [6, 6.07) is 16.5. The van der Waals surface area contributed by atoms with Gasteiger partial charge < -0.3 is 28.7 Å². The van der Waals surface area contributed by atoms with Gasteiger partial charge >= 0.3 is 0 Å². The number of anilines is 1. The molecule has 0 radical (unpaired) electrons. The molecule has 1 N–H and O–H groups in total. The van der Waals surface area contributed by atoms with Crippen LogP contribution in [0.15, 0.2) is 59.1 Å². The van der Waals surface area contributed by atoms with E-state index in [1.54, 1.807) is 18.2 Å². The zero-order valence-electron chi connectivity index (χ0n) is 21.6. The van der Waals surface area contributed by atoms with Crippen molar-refractivity contribution in [3.05, 3.63) is 71.5 Å². The van der Waals surface area contributed by atoms with E-state index >= 15 is 0 Å². The Kier molecular flexibility index (Phi) is 9.37. The van der Waals surface area contributed by atoms with Gasteiger partial charge in [-0.05, 0) is 30.5 Å². The van der Waals surface area contributed by atoms with Gasteiger partial charge in [-0.15, -0.1) is 0 Å². The van der Waals surface area contributed by atoms with Crippen LogP contribution in [0, 0.1) is 5.82 Å². The van der Waals surface area contributed by atoms with E-state index < -0.39 is 6.10 Å². The molecule has 2 saturated heterocycles. The van der Waals surface area contributed by atoms with Crippen LogP contribution < -0.4 is 4.90 Å². The summed E-state index contributed by atoms with van der Waals surface area (Å²) in [5, 5.41) is 15.2. The van der Waals surface area contributed by atoms with Crippen LogP contribution in [-0.2, 0) is 27.4 Å². The topological polar surface area (TPSA) is 80.4 Å². The first kappa shape index (κ1) is 26.8. The van der Waals surface area contributed by atoms with Gasteiger partial charge in [0, 0.05) is 44.9 Å². The maximum atomic E-state index is 14.9. The minimum absolute atomic E-state index is 0.0797. The fourth-order valence-corrected chi connectivity index (χ4v) is 5.06. The summed E-state index contributed by atoms with van der Waals surface area (Å²) >= 11 is 0. The zero-order chi connectivity index (χ0) is 26.2. The van der Waals surface area contributed by atoms with Crippen molar-refractivity contribution in [2.45, 2.75) is 38.2 Å². The first-order valence-electron chi connectivity index (χ1n) is 13.4. The number of aliphatic hydroxyl groups excluding tert-OH is 1. The predicted molar refractivity (Wildman–Crippen MR) is 141 cm³/mol. The van der Waals surface area contributed by atoms with Gasteiger partial charge in [0.25, 0.3) is 0 Å². The number of hydrogen-bond donors (Lipinski definition) is 1. The van der Waals surface area contributed by atoms with E-state index in [9.17, 15) is 9.50 Å². The van der Waals surface area contributed by atoms with Crippen LogP contribution in [0.25, 0.3) is 11.3 Å². The average molecular weight is 526 g/mol. The van der Waals surface area contributed by atoms with Gasteiger partial charge in [-0.1, -0.05) is 47.6 Å². The van der Waals surface area contributed by atoms with Gasteiger partial charge in [0.15, 0.2) is 0 Å². The van der Waals surface area contributed by atoms with Crippen LogP contribution in [0.3, 0.4) is 0 Å². The second kappa shape index (κ2) is 13.3. The lowest BCUT2D eigenvalue weighted by Gasteiger charge is -2.30. The summed E-state index contributed by atoms with van der Waals surface area (Å²) in [6.07, 6.45) is 1.37. The molecule has 38 heavy (non-hydrogen) atoms. The SMILES string of the molecule is O[C@@H](COCc1ccccc1)CN(Cc1c(-c2ccccc2F)noc1N1CCOCC1)C[C@H]1CCCO1. The molecule has 0 saturated carbocycles. The molecule has 3 aromatic rings. The van der Waals surface area contributed by atoms with Crippen molar-refractivity contribution in [3.63, 3.8) is 0 Å². The number of morpholine rings is 1. The monoisotopic (exact) mass is 525 g/mol. The third-order valence-electron chi connectivity index (χ3n) is 6.95. The maximum Gasteiger partial charge on any atom is 0.232 e. The molecule has 9 heteroatoms. The molecule has 2 aliphatic heterocycles. The quantitative estimate of drug-likeness (QED) is 0.382. The molecule has 2 aromatic carbocycles. The lowest BCUT2D eigenvalue weighted by atomic mass is 10.1. The van der Waals surface area contributed by atoms with Crippen molar-refractivity contribution in [2.24, 2.45) is 0 Å². The Morgan fingerprint density at radius 1 is 1.08 bits per heavy atom. The third kappa shape index (κ3) is 6.98. The Morgan fingerprint density at radius 2 is 1.87 bits per heavy atom. The highest BCUT2D eigenvalue weighted by Gasteiger charge is 2.29. The molecule has 204 valence electrons. The van der Waals surface area contributed by atoms with Gasteiger partial charge in [0.2, 0.25) is 5.88 Å². The summed E-state index contributed by atoms with van der Waals surface area (Å²) in [5.41, 5.74) is 2.74. The van der Waals surface area contributed by atoms with Crippen molar-refractivity contribution < 1.29 is 28.2 Å². The van der Waals surface area contributed by atoms with Crippen molar-refractivity contribution in [2.75, 3.05) is 57.5 Å². The minimum atomic E-state index is -0.705. The van der Waals surface area contributed by atoms with Gasteiger partial charge in [-0.2, -0.15) is 0 Å². The van der Waals surface area contributed by atoms with E-state index in [0.29, 0.717) is 69.7 Å². The smallest absolute Gasteiger partial charge is 0.232 e. The van der Waals surface area contributed by atoms with Crippen LogP contribution in [0.1, 0.15) is 24.0 Å². The largest absolute Gasteiger partial charge is 0.389 e. The van der Waals surface area contributed by atoms with E-state index in [1.807, 2.05) is 30.3 Å². The number of benzene rings is 2. The molecule has 2 aliphatic rings. The summed E-state index contributed by atoms with van der Waals surface area (Å²) in [4.78, 5) is 4.24. The number of aliphatic hydroxyl groups is 1. The molecule has 0 amide bonds. The highest BCUT2D eigenvalue weighted by Crippen LogP contribution is 2.34. The summed E-state index contributed by atoms with van der Waals surface area (Å²) < 4.78 is 38.0. The van der Waals surface area contributed by atoms with Crippen molar-refractivity contribution in [1.82, 2.24) is 10.1 Å². The molecule has 5 rings (SSSR count). The zero-order valence-corrected chi connectivity index (χ0v) is 21.6. The van der Waals surface area contributed by atoms with E-state index in [0.717, 1.165) is 30.6 Å². The van der Waals surface area contributed by atoms with Gasteiger partial charge in [0.1, 0.15) is 11.5 Å². The van der Waals surface area contributed by atoms with Crippen LogP contribution in [-0.4, -0.2) is 80.0 Å². The number of rotatable bonds is 12. The van der Waals surface area contributed by atoms with Crippen LogP contribution in [0.4, 0.5) is 10.3 Å². The summed E-state index contributed by atoms with van der Waals surface area (Å²) in [7, 11) is 0. The van der Waals surface area contributed by atoms with Crippen molar-refractivity contribution >= 4 is 5.88 Å². The molecule has 2 fully saturated rings. The molecule has 1 aromatic heterocycles. The Labute approximate surface area is 222 Å². The van der Waals surface area contributed by atoms with Crippen LogP contribution >= 0.6 is 0 Å². The second-order valence-corrected chi connectivity index (χ2v) is 9.88. The first-order valence-corrected chi connectivity index (χ1v) is 13.4. The molecule has 0 spiro atoms. The Hall–Kier alpha value is -2.82. The molecular formula is C29H36FN3O5. The molecular weight excluding hydrogens is 489 g/mol. The number of halogens is 1. The molecule has 3 heterocycles. The summed E-state index contributed by atoms with van der Waals surface area (Å²) in [6.45, 7) is 5.34. The van der Waals surface area contributed by atoms with Gasteiger partial charge in [0.05, 0.1) is 44.2 Å². The second-order valence-electron chi connectivity index (χ2n) is 9.88. The van der Waals surface area contributed by atoms with E-state index in [1.165, 1.54) is 6.07 Å². The lowest BCUT2D eigenvalue weighted by Crippen LogP contribution is -2.40. The number of nitrogens with zero attached hydrogens (tertiary/aromatic N) is 3. The van der Waals surface area contributed by atoms with Crippen molar-refractivity contribution in [3.8, 4) is 11.3 Å². The number of ether oxygens (including phenoxy) is 3. The summed E-state index contributed by atoms with van der Waals surface area (Å²) in [5.74, 6) is 0.273. The molecule has 0 unspecified atom stereocenters. The normalized spacial score (nSPS) is 18.8. The predicted octanol–water partition coefficient (Wildman–Crippen LogP) is 3.88. The minimum Gasteiger partial charge on any atom is -0.389 e. The highest BCUT2D eigenvalue weighted by molar-refractivity contribution is 5.69. The lowest BCUT2D eigenvalue weighted by molar-refractivity contribution is -0.00286. The fraction of sp³-hybridized carbons (Fsp3) is 0.483. The third-order valence-corrected chi connectivity index (χ3v) is 6.95. The van der Waals surface area contributed by atoms with E-state index in [-0.39, 0.29) is 18.5 Å². The van der Waals surface area contributed by atoms with Crippen molar-refractivity contribution in [1.29, 1.82) is 0 Å². The highest BCUT2D eigenvalue weighted by atomic mass is 19.1. The molecule has 0 aliphatic carbocycles. The molecule has 0 bridgehead atoms. The van der Waals surface area contributed by atoms with Gasteiger partial charge in [-0.3, -0.25) is 4.90 Å². The average Bonchev–Trinajstić information content (AvgIpc) is 3.60. The Balaban J connectivity index is 1.35.